The summed E-state index contributed by atoms with van der Waals surface area (Å²) >= 11 is 0. The van der Waals surface area contributed by atoms with Crippen LogP contribution in [0.25, 0.3) is 0 Å². The maximum Gasteiger partial charge on any atom is 0.405 e. The highest BCUT2D eigenvalue weighted by molar-refractivity contribution is 5.78. The summed E-state index contributed by atoms with van der Waals surface area (Å²) in [6, 6.07) is 0.0443. The van der Waals surface area contributed by atoms with Crippen LogP contribution in [0.3, 0.4) is 0 Å². The van der Waals surface area contributed by atoms with Crippen LogP contribution in [0.1, 0.15) is 13.8 Å². The summed E-state index contributed by atoms with van der Waals surface area (Å²) in [5.74, 6) is -0.608. The lowest BCUT2D eigenvalue weighted by Gasteiger charge is -2.36. The number of nitrogens with zero attached hydrogens (tertiary/aromatic N) is 1. The molecule has 0 aromatic carbocycles. The van der Waals surface area contributed by atoms with Crippen LogP contribution in [0.15, 0.2) is 0 Å². The van der Waals surface area contributed by atoms with Gasteiger partial charge in [0.2, 0.25) is 5.91 Å². The van der Waals surface area contributed by atoms with Crippen LogP contribution in [-0.4, -0.2) is 55.4 Å². The Labute approximate surface area is 98.1 Å². The van der Waals surface area contributed by atoms with E-state index in [1.165, 1.54) is 0 Å². The third-order valence-corrected chi connectivity index (χ3v) is 2.57. The molecule has 0 radical (unpaired) electrons. The van der Waals surface area contributed by atoms with Crippen LogP contribution in [0.2, 0.25) is 0 Å². The molecule has 1 aliphatic heterocycles. The van der Waals surface area contributed by atoms with E-state index in [1.807, 2.05) is 24.1 Å². The van der Waals surface area contributed by atoms with Crippen molar-refractivity contribution in [1.82, 2.24) is 10.2 Å². The molecule has 2 unspecified atom stereocenters. The molecule has 0 aromatic heterocycles. The van der Waals surface area contributed by atoms with Crippen LogP contribution >= 0.6 is 0 Å². The van der Waals surface area contributed by atoms with Crippen molar-refractivity contribution in [2.75, 3.05) is 26.2 Å². The van der Waals surface area contributed by atoms with Gasteiger partial charge in [-0.05, 0) is 13.8 Å². The topological polar surface area (TPSA) is 41.6 Å². The summed E-state index contributed by atoms with van der Waals surface area (Å²) in [7, 11) is 0. The molecule has 1 amide bonds. The first-order chi connectivity index (χ1) is 7.78. The molecule has 7 heteroatoms. The molecule has 1 rings (SSSR count). The van der Waals surface area contributed by atoms with Gasteiger partial charge in [0.25, 0.3) is 0 Å². The summed E-state index contributed by atoms with van der Waals surface area (Å²) in [5.41, 5.74) is 0. The minimum Gasteiger partial charge on any atom is -0.376 e. The highest BCUT2D eigenvalue weighted by Gasteiger charge is 2.29. The Bertz CT molecular complexity index is 271. The number of morpholine rings is 1. The van der Waals surface area contributed by atoms with Crippen molar-refractivity contribution in [3.8, 4) is 0 Å². The second-order valence-corrected chi connectivity index (χ2v) is 4.31. The number of carbonyl (C=O) groups excluding carboxylic acids is 1. The molecule has 0 saturated carbocycles. The van der Waals surface area contributed by atoms with E-state index in [4.69, 9.17) is 4.74 Å². The molecule has 1 fully saturated rings. The zero-order valence-electron chi connectivity index (χ0n) is 9.88. The summed E-state index contributed by atoms with van der Waals surface area (Å²) in [4.78, 5) is 13.1. The van der Waals surface area contributed by atoms with Crippen molar-refractivity contribution in [3.63, 3.8) is 0 Å². The Balaban J connectivity index is 2.34. The number of hydrogen-bond acceptors (Lipinski definition) is 3. The monoisotopic (exact) mass is 254 g/mol. The van der Waals surface area contributed by atoms with Gasteiger partial charge in [0.1, 0.15) is 6.54 Å². The number of halogens is 3. The van der Waals surface area contributed by atoms with Crippen LogP contribution in [0, 0.1) is 0 Å². The lowest BCUT2D eigenvalue weighted by molar-refractivity contribution is -0.140. The van der Waals surface area contributed by atoms with Gasteiger partial charge < -0.3 is 10.1 Å². The second-order valence-electron chi connectivity index (χ2n) is 4.31. The number of hydrogen-bond donors (Lipinski definition) is 1. The number of carbonyl (C=O) groups is 1. The van der Waals surface area contributed by atoms with Crippen molar-refractivity contribution < 1.29 is 22.7 Å². The quantitative estimate of drug-likeness (QED) is 0.809. The van der Waals surface area contributed by atoms with E-state index in [-0.39, 0.29) is 18.7 Å². The summed E-state index contributed by atoms with van der Waals surface area (Å²) < 4.78 is 41.0. The number of nitrogens with one attached hydrogen (secondary N) is 1. The lowest BCUT2D eigenvalue weighted by Crippen LogP contribution is -2.51. The third kappa shape index (κ3) is 5.36. The Hall–Kier alpha value is -0.820. The third-order valence-electron chi connectivity index (χ3n) is 2.57. The van der Waals surface area contributed by atoms with E-state index in [1.54, 1.807) is 0 Å². The van der Waals surface area contributed by atoms with Crippen molar-refractivity contribution in [2.24, 2.45) is 0 Å². The SMILES string of the molecule is CC1CN(CC(=O)NCC(F)(F)F)C(C)CO1. The van der Waals surface area contributed by atoms with Gasteiger partial charge in [-0.25, -0.2) is 0 Å². The van der Waals surface area contributed by atoms with Gasteiger partial charge in [0, 0.05) is 12.6 Å². The first kappa shape index (κ1) is 14.2. The Kier molecular flexibility index (Phi) is 4.76. The molecule has 17 heavy (non-hydrogen) atoms. The molecule has 100 valence electrons. The maximum atomic E-state index is 11.9. The van der Waals surface area contributed by atoms with Crippen LogP contribution in [0.5, 0.6) is 0 Å². The summed E-state index contributed by atoms with van der Waals surface area (Å²) in [6.45, 7) is 3.49. The molecule has 1 heterocycles. The summed E-state index contributed by atoms with van der Waals surface area (Å²) in [6.07, 6.45) is -4.36. The Morgan fingerprint density at radius 3 is 2.71 bits per heavy atom. The molecule has 4 nitrogen and oxygen atoms in total. The van der Waals surface area contributed by atoms with Crippen molar-refractivity contribution in [3.05, 3.63) is 0 Å². The molecule has 2 atom stereocenters. The molecular formula is C10H17F3N2O2. The molecule has 1 N–H and O–H groups in total. The van der Waals surface area contributed by atoms with Gasteiger partial charge in [-0.2, -0.15) is 13.2 Å². The standard InChI is InChI=1S/C10H17F3N2O2/c1-7-5-17-8(2)3-15(7)4-9(16)14-6-10(11,12)13/h7-8H,3-6H2,1-2H3,(H,14,16). The highest BCUT2D eigenvalue weighted by atomic mass is 19.4. The van der Waals surface area contributed by atoms with Gasteiger partial charge in [-0.15, -0.1) is 0 Å². The van der Waals surface area contributed by atoms with E-state index in [2.05, 4.69) is 0 Å². The molecule has 0 aliphatic carbocycles. The molecule has 0 bridgehead atoms. The molecular weight excluding hydrogens is 237 g/mol. The van der Waals surface area contributed by atoms with Gasteiger partial charge >= 0.3 is 6.18 Å². The largest absolute Gasteiger partial charge is 0.405 e. The fourth-order valence-corrected chi connectivity index (χ4v) is 1.63. The average Bonchev–Trinajstić information content (AvgIpc) is 2.20. The summed E-state index contributed by atoms with van der Waals surface area (Å²) in [5, 5.41) is 1.86. The lowest BCUT2D eigenvalue weighted by atomic mass is 10.2. The van der Waals surface area contributed by atoms with Crippen molar-refractivity contribution >= 4 is 5.91 Å². The van der Waals surface area contributed by atoms with Gasteiger partial charge in [0.15, 0.2) is 0 Å². The van der Waals surface area contributed by atoms with Crippen LogP contribution in [0.4, 0.5) is 13.2 Å². The smallest absolute Gasteiger partial charge is 0.376 e. The predicted molar refractivity (Wildman–Crippen MR) is 55.5 cm³/mol. The van der Waals surface area contributed by atoms with Gasteiger partial charge in [0.05, 0.1) is 19.3 Å². The van der Waals surface area contributed by atoms with E-state index in [0.717, 1.165) is 0 Å². The molecule has 0 spiro atoms. The number of amides is 1. The van der Waals surface area contributed by atoms with Crippen molar-refractivity contribution in [2.45, 2.75) is 32.2 Å². The van der Waals surface area contributed by atoms with E-state index >= 15 is 0 Å². The van der Waals surface area contributed by atoms with E-state index < -0.39 is 18.6 Å². The minimum atomic E-state index is -4.36. The van der Waals surface area contributed by atoms with Crippen LogP contribution in [-0.2, 0) is 9.53 Å². The highest BCUT2D eigenvalue weighted by Crippen LogP contribution is 2.13. The minimum absolute atomic E-state index is 0.00150. The van der Waals surface area contributed by atoms with Crippen molar-refractivity contribution in [1.29, 1.82) is 0 Å². The fraction of sp³-hybridized carbons (Fsp3) is 0.900. The Morgan fingerprint density at radius 2 is 2.12 bits per heavy atom. The zero-order chi connectivity index (χ0) is 13.1. The number of alkyl halides is 3. The molecule has 1 aliphatic rings. The Morgan fingerprint density at radius 1 is 1.47 bits per heavy atom. The number of rotatable bonds is 3. The maximum absolute atomic E-state index is 11.9. The van der Waals surface area contributed by atoms with Gasteiger partial charge in [-0.1, -0.05) is 0 Å². The molecule has 1 saturated heterocycles. The molecule has 0 aromatic rings. The average molecular weight is 254 g/mol. The van der Waals surface area contributed by atoms with E-state index in [0.29, 0.717) is 13.2 Å². The fourth-order valence-electron chi connectivity index (χ4n) is 1.63. The normalized spacial score (nSPS) is 26.9. The van der Waals surface area contributed by atoms with E-state index in [9.17, 15) is 18.0 Å². The second kappa shape index (κ2) is 5.68. The van der Waals surface area contributed by atoms with Gasteiger partial charge in [-0.3, -0.25) is 9.69 Å². The van der Waals surface area contributed by atoms with Crippen LogP contribution < -0.4 is 5.32 Å². The zero-order valence-corrected chi connectivity index (χ0v) is 9.88. The number of ether oxygens (including phenoxy) is 1. The first-order valence-corrected chi connectivity index (χ1v) is 5.47. The first-order valence-electron chi connectivity index (χ1n) is 5.47. The predicted octanol–water partition coefficient (Wildman–Crippen LogP) is 0.774.